The van der Waals surface area contributed by atoms with Gasteiger partial charge in [0.2, 0.25) is 0 Å². The van der Waals surface area contributed by atoms with Gasteiger partial charge in [-0.1, -0.05) is 40.9 Å². The molecule has 0 aromatic carbocycles. The Kier molecular flexibility index (Phi) is 9.84. The minimum atomic E-state index is -0.974. The van der Waals surface area contributed by atoms with Crippen LogP contribution in [-0.2, 0) is 0 Å². The van der Waals surface area contributed by atoms with E-state index in [1.54, 1.807) is 6.92 Å². The monoisotopic (exact) mass is 288 g/mol. The molecule has 1 unspecified atom stereocenters. The van der Waals surface area contributed by atoms with Crippen molar-refractivity contribution in [2.45, 2.75) is 78.7 Å². The number of aliphatic hydroxyl groups is 1. The predicted octanol–water partition coefficient (Wildman–Crippen LogP) is 5.57. The van der Waals surface area contributed by atoms with E-state index in [2.05, 4.69) is 51.8 Å². The van der Waals surface area contributed by atoms with E-state index in [-0.39, 0.29) is 0 Å². The number of terminal acetylenes is 1. The van der Waals surface area contributed by atoms with Gasteiger partial charge in [0, 0.05) is 0 Å². The van der Waals surface area contributed by atoms with Gasteiger partial charge < -0.3 is 5.11 Å². The molecule has 1 heteroatoms. The summed E-state index contributed by atoms with van der Waals surface area (Å²) in [6.07, 6.45) is 18.0. The molecule has 0 rings (SSSR count). The third-order valence-electron chi connectivity index (χ3n) is 3.56. The maximum atomic E-state index is 9.73. The summed E-state index contributed by atoms with van der Waals surface area (Å²) in [7, 11) is 0. The summed E-state index contributed by atoms with van der Waals surface area (Å²) in [5.74, 6) is 2.41. The second-order valence-electron chi connectivity index (χ2n) is 6.42. The Morgan fingerprint density at radius 1 is 0.952 bits per heavy atom. The SMILES string of the molecule is C#CC(C)(O)CC/C=C(/C)CCC=C(C)CCC=C(C)C. The molecule has 0 aliphatic heterocycles. The Balaban J connectivity index is 3.99. The third kappa shape index (κ3) is 12.2. The molecule has 0 fully saturated rings. The lowest BCUT2D eigenvalue weighted by Crippen LogP contribution is -2.20. The highest BCUT2D eigenvalue weighted by Crippen LogP contribution is 2.15. The average Bonchev–Trinajstić information content (AvgIpc) is 2.38. The lowest BCUT2D eigenvalue weighted by molar-refractivity contribution is 0.113. The molecule has 0 heterocycles. The van der Waals surface area contributed by atoms with E-state index < -0.39 is 5.60 Å². The molecule has 0 amide bonds. The van der Waals surface area contributed by atoms with Crippen LogP contribution in [0.15, 0.2) is 34.9 Å². The fourth-order valence-electron chi connectivity index (χ4n) is 2.01. The zero-order valence-electron chi connectivity index (χ0n) is 14.5. The largest absolute Gasteiger partial charge is 0.378 e. The van der Waals surface area contributed by atoms with Crippen LogP contribution < -0.4 is 0 Å². The van der Waals surface area contributed by atoms with Gasteiger partial charge in [-0.25, -0.2) is 0 Å². The highest BCUT2D eigenvalue weighted by atomic mass is 16.3. The van der Waals surface area contributed by atoms with Crippen LogP contribution in [0.2, 0.25) is 0 Å². The minimum Gasteiger partial charge on any atom is -0.378 e. The van der Waals surface area contributed by atoms with Crippen LogP contribution in [0.3, 0.4) is 0 Å². The van der Waals surface area contributed by atoms with E-state index >= 15 is 0 Å². The number of hydrogen-bond donors (Lipinski definition) is 1. The van der Waals surface area contributed by atoms with Gasteiger partial charge in [0.15, 0.2) is 0 Å². The molecule has 1 N–H and O–H groups in total. The number of allylic oxidation sites excluding steroid dienone is 6. The van der Waals surface area contributed by atoms with Crippen molar-refractivity contribution in [3.05, 3.63) is 34.9 Å². The van der Waals surface area contributed by atoms with Crippen molar-refractivity contribution < 1.29 is 5.11 Å². The van der Waals surface area contributed by atoms with Crippen LogP contribution in [0.25, 0.3) is 0 Å². The molecular formula is C20H32O. The van der Waals surface area contributed by atoms with E-state index in [4.69, 9.17) is 6.42 Å². The summed E-state index contributed by atoms with van der Waals surface area (Å²) in [4.78, 5) is 0. The first-order valence-electron chi connectivity index (χ1n) is 7.91. The quantitative estimate of drug-likeness (QED) is 0.434. The van der Waals surface area contributed by atoms with Gasteiger partial charge in [0.05, 0.1) is 0 Å². The normalized spacial score (nSPS) is 15.3. The highest BCUT2D eigenvalue weighted by Gasteiger charge is 2.14. The maximum absolute atomic E-state index is 9.73. The molecule has 0 saturated heterocycles. The summed E-state index contributed by atoms with van der Waals surface area (Å²) >= 11 is 0. The van der Waals surface area contributed by atoms with Crippen LogP contribution in [0, 0.1) is 12.3 Å². The second kappa shape index (κ2) is 10.5. The summed E-state index contributed by atoms with van der Waals surface area (Å²) in [6, 6.07) is 0. The van der Waals surface area contributed by atoms with Gasteiger partial charge in [0.1, 0.15) is 5.60 Å². The van der Waals surface area contributed by atoms with Gasteiger partial charge in [-0.3, -0.25) is 0 Å². The van der Waals surface area contributed by atoms with E-state index in [1.807, 2.05) is 0 Å². The van der Waals surface area contributed by atoms with E-state index in [0.717, 1.165) is 32.1 Å². The van der Waals surface area contributed by atoms with Crippen molar-refractivity contribution in [1.29, 1.82) is 0 Å². The molecule has 21 heavy (non-hydrogen) atoms. The molecule has 0 radical (unpaired) electrons. The summed E-state index contributed by atoms with van der Waals surface area (Å²) < 4.78 is 0. The molecular weight excluding hydrogens is 256 g/mol. The first kappa shape index (κ1) is 19.7. The van der Waals surface area contributed by atoms with Gasteiger partial charge in [0.25, 0.3) is 0 Å². The van der Waals surface area contributed by atoms with Crippen LogP contribution in [-0.4, -0.2) is 10.7 Å². The number of rotatable bonds is 9. The van der Waals surface area contributed by atoms with E-state index in [0.29, 0.717) is 6.42 Å². The van der Waals surface area contributed by atoms with Crippen molar-refractivity contribution in [2.75, 3.05) is 0 Å². The van der Waals surface area contributed by atoms with Gasteiger partial charge >= 0.3 is 0 Å². The fraction of sp³-hybridized carbons (Fsp3) is 0.600. The molecule has 0 aliphatic rings. The Bertz CT molecular complexity index is 423. The predicted molar refractivity (Wildman–Crippen MR) is 94.1 cm³/mol. The van der Waals surface area contributed by atoms with Gasteiger partial charge in [-0.15, -0.1) is 6.42 Å². The van der Waals surface area contributed by atoms with Crippen molar-refractivity contribution in [3.8, 4) is 12.3 Å². The first-order valence-corrected chi connectivity index (χ1v) is 7.91. The molecule has 0 spiro atoms. The fourth-order valence-corrected chi connectivity index (χ4v) is 2.01. The van der Waals surface area contributed by atoms with E-state index in [9.17, 15) is 5.11 Å². The van der Waals surface area contributed by atoms with Gasteiger partial charge in [-0.2, -0.15) is 0 Å². The highest BCUT2D eigenvalue weighted by molar-refractivity contribution is 5.08. The molecule has 118 valence electrons. The average molecular weight is 288 g/mol. The molecule has 0 aromatic rings. The Morgan fingerprint density at radius 2 is 1.43 bits per heavy atom. The first-order chi connectivity index (χ1) is 9.76. The second-order valence-corrected chi connectivity index (χ2v) is 6.42. The molecule has 0 aliphatic carbocycles. The van der Waals surface area contributed by atoms with Gasteiger partial charge in [-0.05, 0) is 73.1 Å². The smallest absolute Gasteiger partial charge is 0.122 e. The Labute approximate surface area is 131 Å². The van der Waals surface area contributed by atoms with Crippen molar-refractivity contribution in [3.63, 3.8) is 0 Å². The molecule has 0 saturated carbocycles. The molecule has 1 nitrogen and oxygen atoms in total. The van der Waals surface area contributed by atoms with Crippen molar-refractivity contribution >= 4 is 0 Å². The van der Waals surface area contributed by atoms with Crippen LogP contribution >= 0.6 is 0 Å². The summed E-state index contributed by atoms with van der Waals surface area (Å²) in [5, 5.41) is 9.73. The van der Waals surface area contributed by atoms with Crippen LogP contribution in [0.4, 0.5) is 0 Å². The van der Waals surface area contributed by atoms with Crippen molar-refractivity contribution in [1.82, 2.24) is 0 Å². The topological polar surface area (TPSA) is 20.2 Å². The summed E-state index contributed by atoms with van der Waals surface area (Å²) in [6.45, 7) is 10.3. The van der Waals surface area contributed by atoms with Crippen LogP contribution in [0.5, 0.6) is 0 Å². The summed E-state index contributed by atoms with van der Waals surface area (Å²) in [5.41, 5.74) is 3.26. The van der Waals surface area contributed by atoms with Crippen molar-refractivity contribution in [2.24, 2.45) is 0 Å². The lowest BCUT2D eigenvalue weighted by Gasteiger charge is -2.14. The Morgan fingerprint density at radius 3 is 1.90 bits per heavy atom. The zero-order chi connectivity index (χ0) is 16.3. The number of hydrogen-bond acceptors (Lipinski definition) is 1. The van der Waals surface area contributed by atoms with E-state index in [1.165, 1.54) is 16.7 Å². The standard InChI is InChI=1S/C20H32O/c1-7-20(6,21)16-10-15-19(5)14-9-13-18(4)12-8-11-17(2)3/h1,11,13,15,21H,8-10,12,14,16H2,2-6H3/b18-13?,19-15-. The van der Waals surface area contributed by atoms with Crippen LogP contribution in [0.1, 0.15) is 73.1 Å². The maximum Gasteiger partial charge on any atom is 0.122 e. The molecule has 0 aromatic heterocycles. The lowest BCUT2D eigenvalue weighted by atomic mass is 9.99. The minimum absolute atomic E-state index is 0.623. The Hall–Kier alpha value is -1.26. The molecule has 0 bridgehead atoms. The zero-order valence-corrected chi connectivity index (χ0v) is 14.5. The molecule has 1 atom stereocenters. The third-order valence-corrected chi connectivity index (χ3v) is 3.56.